The van der Waals surface area contributed by atoms with Crippen molar-refractivity contribution < 1.29 is 4.52 Å². The Kier molecular flexibility index (Phi) is 2.57. The summed E-state index contributed by atoms with van der Waals surface area (Å²) >= 11 is 0. The van der Waals surface area contributed by atoms with Gasteiger partial charge in [-0.25, -0.2) is 4.98 Å². The topological polar surface area (TPSA) is 135 Å². The van der Waals surface area contributed by atoms with E-state index in [1.807, 2.05) is 0 Å². The lowest BCUT2D eigenvalue weighted by Crippen LogP contribution is -2.14. The third-order valence-corrected chi connectivity index (χ3v) is 2.40. The van der Waals surface area contributed by atoms with Gasteiger partial charge in [0, 0.05) is 18.3 Å². The first-order valence-corrected chi connectivity index (χ1v) is 5.25. The second-order valence-electron chi connectivity index (χ2n) is 3.70. The van der Waals surface area contributed by atoms with Crippen molar-refractivity contribution in [1.29, 1.82) is 0 Å². The largest absolute Gasteiger partial charge is 0.348 e. The molecule has 0 fully saturated rings. The van der Waals surface area contributed by atoms with E-state index in [1.54, 1.807) is 12.5 Å². The van der Waals surface area contributed by atoms with Gasteiger partial charge in [0.05, 0.1) is 18.6 Å². The molecule has 3 aromatic rings. The number of hydrogen-bond acceptors (Lipinski definition) is 7. The highest BCUT2D eigenvalue weighted by Gasteiger charge is 2.17. The first kappa shape index (κ1) is 10.6. The number of nitrogens with two attached hydrogens (primary N) is 1. The Morgan fingerprint density at radius 3 is 3.06 bits per heavy atom. The van der Waals surface area contributed by atoms with Gasteiger partial charge in [-0.1, -0.05) is 5.16 Å². The molecule has 0 amide bonds. The molecule has 4 N–H and O–H groups in total. The third kappa shape index (κ3) is 1.98. The van der Waals surface area contributed by atoms with E-state index in [1.165, 1.54) is 6.20 Å². The summed E-state index contributed by atoms with van der Waals surface area (Å²) in [6, 6.07) is -0.390. The number of imidazole rings is 1. The number of nitrogens with one attached hydrogen (secondary N) is 2. The van der Waals surface area contributed by atoms with E-state index in [-0.39, 0.29) is 0 Å². The first-order chi connectivity index (χ1) is 8.83. The molecule has 0 saturated heterocycles. The first-order valence-electron chi connectivity index (χ1n) is 5.25. The van der Waals surface area contributed by atoms with Crippen LogP contribution >= 0.6 is 0 Å². The molecule has 3 aromatic heterocycles. The van der Waals surface area contributed by atoms with Crippen LogP contribution in [0.1, 0.15) is 17.6 Å². The monoisotopic (exact) mass is 246 g/mol. The Morgan fingerprint density at radius 2 is 2.33 bits per heavy atom. The van der Waals surface area contributed by atoms with Gasteiger partial charge in [-0.15, -0.1) is 0 Å². The van der Waals surface area contributed by atoms with Crippen LogP contribution in [0.15, 0.2) is 23.2 Å². The van der Waals surface area contributed by atoms with Crippen LogP contribution in [0.5, 0.6) is 0 Å². The third-order valence-electron chi connectivity index (χ3n) is 2.40. The van der Waals surface area contributed by atoms with E-state index in [9.17, 15) is 0 Å². The average molecular weight is 246 g/mol. The molecule has 0 aliphatic heterocycles. The van der Waals surface area contributed by atoms with Gasteiger partial charge >= 0.3 is 0 Å². The molecular formula is C9H10N8O. The van der Waals surface area contributed by atoms with E-state index in [0.29, 0.717) is 23.8 Å². The summed E-state index contributed by atoms with van der Waals surface area (Å²) in [7, 11) is 0. The molecule has 0 spiro atoms. The lowest BCUT2D eigenvalue weighted by Gasteiger charge is -2.03. The molecule has 1 atom stereocenters. The minimum atomic E-state index is -0.390. The molecule has 92 valence electrons. The minimum Gasteiger partial charge on any atom is -0.348 e. The highest BCUT2D eigenvalue weighted by Crippen LogP contribution is 2.16. The Morgan fingerprint density at radius 1 is 1.39 bits per heavy atom. The molecule has 18 heavy (non-hydrogen) atoms. The zero-order valence-electron chi connectivity index (χ0n) is 9.24. The lowest BCUT2D eigenvalue weighted by atomic mass is 10.2. The lowest BCUT2D eigenvalue weighted by molar-refractivity contribution is 0.354. The predicted octanol–water partition coefficient (Wildman–Crippen LogP) is -0.180. The van der Waals surface area contributed by atoms with Gasteiger partial charge < -0.3 is 15.2 Å². The van der Waals surface area contributed by atoms with Crippen LogP contribution in [0.25, 0.3) is 11.5 Å². The van der Waals surface area contributed by atoms with Gasteiger partial charge in [0.15, 0.2) is 5.69 Å². The average Bonchev–Trinajstić information content (AvgIpc) is 3.11. The van der Waals surface area contributed by atoms with Gasteiger partial charge in [0.25, 0.3) is 0 Å². The van der Waals surface area contributed by atoms with Crippen molar-refractivity contribution in [2.24, 2.45) is 5.73 Å². The molecule has 9 heteroatoms. The minimum absolute atomic E-state index is 0.350. The van der Waals surface area contributed by atoms with Crippen molar-refractivity contribution in [1.82, 2.24) is 35.5 Å². The molecule has 3 rings (SSSR count). The number of H-pyrrole nitrogens is 2. The van der Waals surface area contributed by atoms with Gasteiger partial charge in [-0.05, 0) is 0 Å². The molecule has 0 saturated carbocycles. The molecule has 1 unspecified atom stereocenters. The zero-order chi connectivity index (χ0) is 12.4. The van der Waals surface area contributed by atoms with E-state index >= 15 is 0 Å². The standard InChI is InChI=1S/C9H10N8O/c10-6(1-5-2-11-4-12-5)9-14-8(16-18-9)7-3-13-17-15-7/h2-4,6H,1,10H2,(H,11,12)(H,13,15,17). The summed E-state index contributed by atoms with van der Waals surface area (Å²) in [5.74, 6) is 0.710. The van der Waals surface area contributed by atoms with E-state index in [2.05, 4.69) is 35.5 Å². The fourth-order valence-electron chi connectivity index (χ4n) is 1.52. The Hall–Kier alpha value is -2.55. The van der Waals surface area contributed by atoms with E-state index < -0.39 is 6.04 Å². The van der Waals surface area contributed by atoms with Crippen molar-refractivity contribution in [3.8, 4) is 11.5 Å². The van der Waals surface area contributed by atoms with E-state index in [0.717, 1.165) is 5.69 Å². The zero-order valence-corrected chi connectivity index (χ0v) is 9.24. The quantitative estimate of drug-likeness (QED) is 0.581. The second-order valence-corrected chi connectivity index (χ2v) is 3.70. The number of aromatic nitrogens is 7. The maximum absolute atomic E-state index is 5.97. The molecule has 0 aromatic carbocycles. The smallest absolute Gasteiger partial charge is 0.244 e. The fraction of sp³-hybridized carbons (Fsp3) is 0.222. The summed E-state index contributed by atoms with van der Waals surface area (Å²) in [5, 5.41) is 13.8. The normalized spacial score (nSPS) is 12.7. The van der Waals surface area contributed by atoms with E-state index in [4.69, 9.17) is 10.3 Å². The SMILES string of the molecule is NC(Cc1cnc[nH]1)c1nc(-c2cn[nH]n2)no1. The summed E-state index contributed by atoms with van der Waals surface area (Å²) in [5.41, 5.74) is 7.38. The Bertz CT molecular complexity index is 598. The van der Waals surface area contributed by atoms with Gasteiger partial charge in [-0.3, -0.25) is 0 Å². The van der Waals surface area contributed by atoms with Crippen molar-refractivity contribution in [3.05, 3.63) is 30.3 Å². The molecule has 0 aliphatic rings. The van der Waals surface area contributed by atoms with Crippen LogP contribution in [0, 0.1) is 0 Å². The highest BCUT2D eigenvalue weighted by atomic mass is 16.5. The van der Waals surface area contributed by atoms with Crippen LogP contribution in [0.2, 0.25) is 0 Å². The molecule has 3 heterocycles. The van der Waals surface area contributed by atoms with Crippen LogP contribution in [-0.2, 0) is 6.42 Å². The van der Waals surface area contributed by atoms with Gasteiger partial charge in [0.1, 0.15) is 0 Å². The maximum atomic E-state index is 5.97. The second kappa shape index (κ2) is 4.37. The highest BCUT2D eigenvalue weighted by molar-refractivity contribution is 5.44. The molecule has 0 aliphatic carbocycles. The summed E-state index contributed by atoms with van der Waals surface area (Å²) in [6.07, 6.45) is 5.35. The number of rotatable bonds is 4. The van der Waals surface area contributed by atoms with Gasteiger partial charge in [0.2, 0.25) is 11.7 Å². The number of nitrogens with zero attached hydrogens (tertiary/aromatic N) is 5. The van der Waals surface area contributed by atoms with Crippen molar-refractivity contribution in [2.75, 3.05) is 0 Å². The van der Waals surface area contributed by atoms with Crippen molar-refractivity contribution in [2.45, 2.75) is 12.5 Å². The van der Waals surface area contributed by atoms with Crippen LogP contribution in [0.3, 0.4) is 0 Å². The summed E-state index contributed by atoms with van der Waals surface area (Å²) in [4.78, 5) is 11.1. The Labute approximate surface area is 101 Å². The molecule has 0 bridgehead atoms. The van der Waals surface area contributed by atoms with Crippen molar-refractivity contribution >= 4 is 0 Å². The fourth-order valence-corrected chi connectivity index (χ4v) is 1.52. The summed E-state index contributed by atoms with van der Waals surface area (Å²) < 4.78 is 5.10. The molecule has 0 radical (unpaired) electrons. The summed E-state index contributed by atoms with van der Waals surface area (Å²) in [6.45, 7) is 0. The van der Waals surface area contributed by atoms with Gasteiger partial charge in [-0.2, -0.15) is 20.4 Å². The van der Waals surface area contributed by atoms with Crippen LogP contribution in [0.4, 0.5) is 0 Å². The number of aromatic amines is 2. The van der Waals surface area contributed by atoms with Crippen LogP contribution in [-0.4, -0.2) is 35.5 Å². The van der Waals surface area contributed by atoms with Crippen LogP contribution < -0.4 is 5.73 Å². The Balaban J connectivity index is 1.77. The maximum Gasteiger partial charge on any atom is 0.244 e. The van der Waals surface area contributed by atoms with Crippen molar-refractivity contribution in [3.63, 3.8) is 0 Å². The molecule has 9 nitrogen and oxygen atoms in total. The number of hydrogen-bond donors (Lipinski definition) is 3. The molecular weight excluding hydrogens is 236 g/mol. The predicted molar refractivity (Wildman–Crippen MR) is 58.9 cm³/mol.